The molecular weight excluding hydrogens is 382 g/mol. The Morgan fingerprint density at radius 3 is 2.61 bits per heavy atom. The zero-order valence-corrected chi connectivity index (χ0v) is 17.4. The summed E-state index contributed by atoms with van der Waals surface area (Å²) in [6, 6.07) is 25.3. The number of allylic oxidation sites excluding steroid dienone is 1. The zero-order chi connectivity index (χ0) is 21.6. The molecule has 0 fully saturated rings. The van der Waals surface area contributed by atoms with Crippen LogP contribution in [0.3, 0.4) is 0 Å². The lowest BCUT2D eigenvalue weighted by atomic mass is 10.0. The highest BCUT2D eigenvalue weighted by molar-refractivity contribution is 6.07. The van der Waals surface area contributed by atoms with E-state index in [1.54, 1.807) is 6.21 Å². The summed E-state index contributed by atoms with van der Waals surface area (Å²) in [5, 5.41) is 5.01. The molecule has 0 spiro atoms. The summed E-state index contributed by atoms with van der Waals surface area (Å²) >= 11 is 0. The van der Waals surface area contributed by atoms with Crippen molar-refractivity contribution < 1.29 is 4.79 Å². The molecule has 4 nitrogen and oxygen atoms in total. The van der Waals surface area contributed by atoms with Crippen molar-refractivity contribution in [1.82, 2.24) is 10.4 Å². The fraction of sp³-hybridized carbons (Fsp3) is 0.0741. The Hall–Kier alpha value is -4.05. The van der Waals surface area contributed by atoms with E-state index >= 15 is 0 Å². The van der Waals surface area contributed by atoms with Crippen LogP contribution in [-0.2, 0) is 6.42 Å². The van der Waals surface area contributed by atoms with E-state index in [0.717, 1.165) is 39.7 Å². The smallest absolute Gasteiger partial charge is 0.267 e. The molecule has 152 valence electrons. The van der Waals surface area contributed by atoms with Gasteiger partial charge in [0, 0.05) is 10.9 Å². The number of nitrogens with zero attached hydrogens (tertiary/aromatic N) is 2. The summed E-state index contributed by atoms with van der Waals surface area (Å²) in [6.45, 7) is 5.85. The van der Waals surface area contributed by atoms with Gasteiger partial charge in [0.25, 0.3) is 5.91 Å². The van der Waals surface area contributed by atoms with E-state index in [4.69, 9.17) is 4.98 Å². The number of nitrogens with one attached hydrogen (secondary N) is 1. The number of amides is 1. The quantitative estimate of drug-likeness (QED) is 0.254. The SMILES string of the molecule is C=CCc1cccc(/C=N\NC(=O)c2cc(-c3ccccc3)nc3ccccc23)c1C. The Morgan fingerprint density at radius 2 is 1.81 bits per heavy atom. The molecule has 4 aromatic rings. The van der Waals surface area contributed by atoms with Crippen LogP contribution in [0.2, 0.25) is 0 Å². The first-order chi connectivity index (χ1) is 15.2. The van der Waals surface area contributed by atoms with Crippen LogP contribution < -0.4 is 5.43 Å². The van der Waals surface area contributed by atoms with Gasteiger partial charge in [-0.05, 0) is 42.2 Å². The highest BCUT2D eigenvalue weighted by atomic mass is 16.2. The summed E-state index contributed by atoms with van der Waals surface area (Å²) in [4.78, 5) is 17.7. The van der Waals surface area contributed by atoms with Gasteiger partial charge in [0.05, 0.1) is 23.0 Å². The number of aromatic nitrogens is 1. The first-order valence-electron chi connectivity index (χ1n) is 10.2. The molecule has 0 aliphatic rings. The topological polar surface area (TPSA) is 54.4 Å². The number of para-hydroxylation sites is 1. The predicted molar refractivity (Wildman–Crippen MR) is 127 cm³/mol. The standard InChI is InChI=1S/C27H23N3O/c1-3-10-20-13-9-14-22(19(20)2)18-28-30-27(31)24-17-26(21-11-5-4-6-12-21)29-25-16-8-7-15-23(24)25/h3-9,11-18H,1,10H2,2H3,(H,30,31)/b28-18-. The van der Waals surface area contributed by atoms with Crippen molar-refractivity contribution in [3.05, 3.63) is 114 Å². The number of rotatable bonds is 6. The van der Waals surface area contributed by atoms with Crippen LogP contribution in [0.1, 0.15) is 27.0 Å². The van der Waals surface area contributed by atoms with Gasteiger partial charge in [0.1, 0.15) is 0 Å². The number of carbonyl (C=O) groups excluding carboxylic acids is 1. The van der Waals surface area contributed by atoms with E-state index in [9.17, 15) is 4.79 Å². The van der Waals surface area contributed by atoms with Crippen molar-refractivity contribution in [2.75, 3.05) is 0 Å². The van der Waals surface area contributed by atoms with Crippen LogP contribution in [0.5, 0.6) is 0 Å². The van der Waals surface area contributed by atoms with E-state index in [-0.39, 0.29) is 5.91 Å². The maximum absolute atomic E-state index is 13.0. The number of benzene rings is 3. The lowest BCUT2D eigenvalue weighted by molar-refractivity contribution is 0.0956. The molecule has 31 heavy (non-hydrogen) atoms. The molecule has 1 aromatic heterocycles. The lowest BCUT2D eigenvalue weighted by Crippen LogP contribution is -2.18. The first-order valence-corrected chi connectivity index (χ1v) is 10.2. The van der Waals surface area contributed by atoms with Crippen LogP contribution >= 0.6 is 0 Å². The fourth-order valence-corrected chi connectivity index (χ4v) is 3.56. The first kappa shape index (κ1) is 20.2. The molecule has 0 aliphatic carbocycles. The predicted octanol–water partition coefficient (Wildman–Crippen LogP) is 5.70. The molecule has 4 rings (SSSR count). The second-order valence-corrected chi connectivity index (χ2v) is 7.26. The molecule has 1 amide bonds. The Morgan fingerprint density at radius 1 is 1.03 bits per heavy atom. The molecule has 1 N–H and O–H groups in total. The summed E-state index contributed by atoms with van der Waals surface area (Å²) < 4.78 is 0. The van der Waals surface area contributed by atoms with E-state index in [2.05, 4.69) is 23.2 Å². The van der Waals surface area contributed by atoms with Crippen molar-refractivity contribution in [2.45, 2.75) is 13.3 Å². The minimum atomic E-state index is -0.271. The maximum atomic E-state index is 13.0. The Bertz CT molecular complexity index is 1280. The zero-order valence-electron chi connectivity index (χ0n) is 17.4. The highest BCUT2D eigenvalue weighted by Gasteiger charge is 2.13. The van der Waals surface area contributed by atoms with Gasteiger partial charge in [-0.2, -0.15) is 5.10 Å². The van der Waals surface area contributed by atoms with Crippen LogP contribution in [0.4, 0.5) is 0 Å². The lowest BCUT2D eigenvalue weighted by Gasteiger charge is -2.09. The molecule has 3 aromatic carbocycles. The molecule has 0 unspecified atom stereocenters. The van der Waals surface area contributed by atoms with E-state index < -0.39 is 0 Å². The van der Waals surface area contributed by atoms with Crippen molar-refractivity contribution in [3.8, 4) is 11.3 Å². The molecule has 0 radical (unpaired) electrons. The average molecular weight is 406 g/mol. The molecule has 0 bridgehead atoms. The van der Waals surface area contributed by atoms with E-state index in [0.29, 0.717) is 5.56 Å². The molecule has 4 heteroatoms. The molecule has 1 heterocycles. The largest absolute Gasteiger partial charge is 0.272 e. The second kappa shape index (κ2) is 9.18. The van der Waals surface area contributed by atoms with Gasteiger partial charge in [0.15, 0.2) is 0 Å². The van der Waals surface area contributed by atoms with E-state index in [1.807, 2.05) is 85.8 Å². The maximum Gasteiger partial charge on any atom is 0.272 e. The molecule has 0 aliphatic heterocycles. The average Bonchev–Trinajstić information content (AvgIpc) is 2.81. The van der Waals surface area contributed by atoms with Gasteiger partial charge in [-0.15, -0.1) is 6.58 Å². The summed E-state index contributed by atoms with van der Waals surface area (Å²) in [7, 11) is 0. The van der Waals surface area contributed by atoms with Crippen molar-refractivity contribution in [2.24, 2.45) is 5.10 Å². The highest BCUT2D eigenvalue weighted by Crippen LogP contribution is 2.24. The van der Waals surface area contributed by atoms with Crippen molar-refractivity contribution in [3.63, 3.8) is 0 Å². The normalized spacial score (nSPS) is 11.0. The molecule has 0 saturated carbocycles. The Labute approximate surface area is 182 Å². The van der Waals surface area contributed by atoms with Crippen LogP contribution in [0.25, 0.3) is 22.2 Å². The Balaban J connectivity index is 1.64. The van der Waals surface area contributed by atoms with Crippen LogP contribution in [0, 0.1) is 6.92 Å². The van der Waals surface area contributed by atoms with E-state index in [1.165, 1.54) is 5.56 Å². The van der Waals surface area contributed by atoms with Gasteiger partial charge in [-0.1, -0.05) is 72.8 Å². The number of hydrazone groups is 1. The van der Waals surface area contributed by atoms with Gasteiger partial charge in [-0.3, -0.25) is 4.79 Å². The third kappa shape index (κ3) is 4.43. The van der Waals surface area contributed by atoms with Gasteiger partial charge in [0.2, 0.25) is 0 Å². The van der Waals surface area contributed by atoms with Gasteiger partial charge in [-0.25, -0.2) is 10.4 Å². The molecular formula is C27H23N3O. The number of fused-ring (bicyclic) bond motifs is 1. The minimum Gasteiger partial charge on any atom is -0.267 e. The van der Waals surface area contributed by atoms with Crippen LogP contribution in [0.15, 0.2) is 96.6 Å². The monoisotopic (exact) mass is 405 g/mol. The van der Waals surface area contributed by atoms with Crippen molar-refractivity contribution >= 4 is 23.0 Å². The summed E-state index contributed by atoms with van der Waals surface area (Å²) in [5.41, 5.74) is 8.98. The second-order valence-electron chi connectivity index (χ2n) is 7.26. The summed E-state index contributed by atoms with van der Waals surface area (Å²) in [6.07, 6.45) is 4.36. The van der Waals surface area contributed by atoms with Gasteiger partial charge < -0.3 is 0 Å². The number of carbonyl (C=O) groups is 1. The third-order valence-electron chi connectivity index (χ3n) is 5.25. The minimum absolute atomic E-state index is 0.271. The number of hydrogen-bond acceptors (Lipinski definition) is 3. The molecule has 0 saturated heterocycles. The fourth-order valence-electron chi connectivity index (χ4n) is 3.56. The van der Waals surface area contributed by atoms with Crippen molar-refractivity contribution in [1.29, 1.82) is 0 Å². The number of pyridine rings is 1. The number of hydrogen-bond donors (Lipinski definition) is 1. The Kier molecular flexibility index (Phi) is 5.99. The summed E-state index contributed by atoms with van der Waals surface area (Å²) in [5.74, 6) is -0.271. The van der Waals surface area contributed by atoms with Crippen LogP contribution in [-0.4, -0.2) is 17.1 Å². The third-order valence-corrected chi connectivity index (χ3v) is 5.25. The van der Waals surface area contributed by atoms with Gasteiger partial charge >= 0.3 is 0 Å². The molecule has 0 atom stereocenters.